The molecule has 20 heavy (non-hydrogen) atoms. The number of aromatic hydroxyl groups is 1. The monoisotopic (exact) mass is 278 g/mol. The molecule has 0 radical (unpaired) electrons. The number of hydrogen-bond donors (Lipinski definition) is 2. The van der Waals surface area contributed by atoms with Gasteiger partial charge in [-0.3, -0.25) is 14.5 Å². The summed E-state index contributed by atoms with van der Waals surface area (Å²) in [6.07, 6.45) is 0. The molecule has 0 aromatic heterocycles. The van der Waals surface area contributed by atoms with Crippen molar-refractivity contribution in [1.82, 2.24) is 10.2 Å². The summed E-state index contributed by atoms with van der Waals surface area (Å²) in [6.45, 7) is 5.93. The van der Waals surface area contributed by atoms with Crippen molar-refractivity contribution >= 4 is 11.7 Å². The number of amides is 1. The Balaban J connectivity index is 2.70. The van der Waals surface area contributed by atoms with Gasteiger partial charge in [-0.25, -0.2) is 0 Å². The Morgan fingerprint density at radius 2 is 2.00 bits per heavy atom. The maximum atomic E-state index is 11.6. The summed E-state index contributed by atoms with van der Waals surface area (Å²) in [5.74, 6) is 0.0160. The normalized spacial score (nSPS) is 10.9. The summed E-state index contributed by atoms with van der Waals surface area (Å²) >= 11 is 0. The zero-order chi connectivity index (χ0) is 15.3. The van der Waals surface area contributed by atoms with Crippen molar-refractivity contribution in [3.05, 3.63) is 29.3 Å². The van der Waals surface area contributed by atoms with Crippen LogP contribution in [-0.4, -0.2) is 41.3 Å². The van der Waals surface area contributed by atoms with Gasteiger partial charge in [0.25, 0.3) is 0 Å². The fourth-order valence-corrected chi connectivity index (χ4v) is 1.89. The predicted molar refractivity (Wildman–Crippen MR) is 77.7 cm³/mol. The number of hydrogen-bond acceptors (Lipinski definition) is 4. The maximum Gasteiger partial charge on any atom is 0.234 e. The smallest absolute Gasteiger partial charge is 0.234 e. The first kappa shape index (κ1) is 16.2. The third-order valence-electron chi connectivity index (χ3n) is 2.79. The molecule has 110 valence electrons. The summed E-state index contributed by atoms with van der Waals surface area (Å²) in [5.41, 5.74) is 1.19. The molecule has 0 saturated heterocycles. The fourth-order valence-electron chi connectivity index (χ4n) is 1.89. The first-order valence-corrected chi connectivity index (χ1v) is 6.60. The largest absolute Gasteiger partial charge is 0.508 e. The minimum absolute atomic E-state index is 0.0496. The number of likely N-dealkylation sites (N-methyl/N-ethyl adjacent to an activating group) is 1. The highest BCUT2D eigenvalue weighted by Crippen LogP contribution is 2.20. The van der Waals surface area contributed by atoms with Crippen LogP contribution in [0.4, 0.5) is 0 Å². The van der Waals surface area contributed by atoms with Gasteiger partial charge in [-0.05, 0) is 46.0 Å². The van der Waals surface area contributed by atoms with E-state index >= 15 is 0 Å². The number of Topliss-reactive ketones (excluding diaryl/α,β-unsaturated/α-hetero) is 1. The lowest BCUT2D eigenvalue weighted by atomic mass is 10.1. The summed E-state index contributed by atoms with van der Waals surface area (Å²) in [7, 11) is 1.79. The SMILES string of the molecule is CC(=O)c1ccc(O)c(CN(C)CC(=O)NC(C)C)c1. The Hall–Kier alpha value is -1.88. The molecule has 0 aliphatic carbocycles. The minimum Gasteiger partial charge on any atom is -0.508 e. The summed E-state index contributed by atoms with van der Waals surface area (Å²) in [4.78, 5) is 24.8. The topological polar surface area (TPSA) is 69.6 Å². The quantitative estimate of drug-likeness (QED) is 0.775. The lowest BCUT2D eigenvalue weighted by molar-refractivity contribution is -0.122. The van der Waals surface area contributed by atoms with E-state index in [2.05, 4.69) is 5.32 Å². The molecule has 1 aromatic carbocycles. The Bertz CT molecular complexity index is 498. The Morgan fingerprint density at radius 1 is 1.35 bits per heavy atom. The second-order valence-electron chi connectivity index (χ2n) is 5.29. The number of carbonyl (C=O) groups excluding carboxylic acids is 2. The molecule has 0 saturated carbocycles. The summed E-state index contributed by atoms with van der Waals surface area (Å²) in [5, 5.41) is 12.6. The van der Waals surface area contributed by atoms with Crippen LogP contribution in [-0.2, 0) is 11.3 Å². The molecule has 1 amide bonds. The van der Waals surface area contributed by atoms with E-state index in [-0.39, 0.29) is 30.0 Å². The van der Waals surface area contributed by atoms with E-state index < -0.39 is 0 Å². The number of phenolic OH excluding ortho intramolecular Hbond substituents is 1. The highest BCUT2D eigenvalue weighted by Gasteiger charge is 2.11. The summed E-state index contributed by atoms with van der Waals surface area (Å²) < 4.78 is 0. The van der Waals surface area contributed by atoms with Crippen molar-refractivity contribution in [2.45, 2.75) is 33.4 Å². The first-order valence-electron chi connectivity index (χ1n) is 6.60. The average Bonchev–Trinajstić information content (AvgIpc) is 2.30. The second-order valence-corrected chi connectivity index (χ2v) is 5.29. The van der Waals surface area contributed by atoms with Crippen LogP contribution in [0.25, 0.3) is 0 Å². The first-order chi connectivity index (χ1) is 9.29. The lowest BCUT2D eigenvalue weighted by Crippen LogP contribution is -2.38. The zero-order valence-electron chi connectivity index (χ0n) is 12.4. The molecule has 0 aliphatic heterocycles. The number of phenols is 1. The maximum absolute atomic E-state index is 11.6. The number of nitrogens with zero attached hydrogens (tertiary/aromatic N) is 1. The van der Waals surface area contributed by atoms with Crippen LogP contribution in [0.3, 0.4) is 0 Å². The van der Waals surface area contributed by atoms with Crippen LogP contribution < -0.4 is 5.32 Å². The van der Waals surface area contributed by atoms with Gasteiger partial charge < -0.3 is 10.4 Å². The molecule has 0 heterocycles. The van der Waals surface area contributed by atoms with Crippen molar-refractivity contribution in [2.75, 3.05) is 13.6 Å². The van der Waals surface area contributed by atoms with Crippen molar-refractivity contribution in [3.8, 4) is 5.75 Å². The van der Waals surface area contributed by atoms with Gasteiger partial charge in [0.2, 0.25) is 5.91 Å². The van der Waals surface area contributed by atoms with Gasteiger partial charge in [-0.2, -0.15) is 0 Å². The molecular weight excluding hydrogens is 256 g/mol. The minimum atomic E-state index is -0.0651. The van der Waals surface area contributed by atoms with Gasteiger partial charge in [0.05, 0.1) is 6.54 Å². The highest BCUT2D eigenvalue weighted by molar-refractivity contribution is 5.94. The molecule has 0 atom stereocenters. The van der Waals surface area contributed by atoms with Crippen LogP contribution >= 0.6 is 0 Å². The molecule has 2 N–H and O–H groups in total. The van der Waals surface area contributed by atoms with Gasteiger partial charge in [0.1, 0.15) is 5.75 Å². The average molecular weight is 278 g/mol. The second kappa shape index (κ2) is 7.05. The van der Waals surface area contributed by atoms with Crippen LogP contribution in [0.15, 0.2) is 18.2 Å². The fraction of sp³-hybridized carbons (Fsp3) is 0.467. The predicted octanol–water partition coefficient (Wildman–Crippen LogP) is 1.55. The summed E-state index contributed by atoms with van der Waals surface area (Å²) in [6, 6.07) is 4.86. The molecule has 5 heteroatoms. The number of ketones is 1. The molecular formula is C15H22N2O3. The molecule has 1 rings (SSSR count). The standard InChI is InChI=1S/C15H22N2O3/c1-10(2)16-15(20)9-17(4)8-13-7-12(11(3)18)5-6-14(13)19/h5-7,10,19H,8-9H2,1-4H3,(H,16,20). The number of benzene rings is 1. The van der Waals surface area contributed by atoms with Crippen LogP contribution in [0.1, 0.15) is 36.7 Å². The number of nitrogens with one attached hydrogen (secondary N) is 1. The Morgan fingerprint density at radius 3 is 2.55 bits per heavy atom. The Kier molecular flexibility index (Phi) is 5.70. The third kappa shape index (κ3) is 5.01. The third-order valence-corrected chi connectivity index (χ3v) is 2.79. The molecule has 0 fully saturated rings. The number of rotatable bonds is 6. The zero-order valence-corrected chi connectivity index (χ0v) is 12.4. The molecule has 0 unspecified atom stereocenters. The Labute approximate surface area is 119 Å². The van der Waals surface area contributed by atoms with E-state index in [4.69, 9.17) is 0 Å². The van der Waals surface area contributed by atoms with E-state index in [1.807, 2.05) is 13.8 Å². The molecule has 1 aromatic rings. The van der Waals surface area contributed by atoms with E-state index in [1.54, 1.807) is 24.1 Å². The van der Waals surface area contributed by atoms with Crippen molar-refractivity contribution in [2.24, 2.45) is 0 Å². The van der Waals surface area contributed by atoms with E-state index in [1.165, 1.54) is 13.0 Å². The number of carbonyl (C=O) groups is 2. The lowest BCUT2D eigenvalue weighted by Gasteiger charge is -2.18. The highest BCUT2D eigenvalue weighted by atomic mass is 16.3. The van der Waals surface area contributed by atoms with Crippen molar-refractivity contribution < 1.29 is 14.7 Å². The molecule has 0 spiro atoms. The van der Waals surface area contributed by atoms with Gasteiger partial charge in [-0.1, -0.05) is 0 Å². The van der Waals surface area contributed by atoms with Crippen molar-refractivity contribution in [3.63, 3.8) is 0 Å². The van der Waals surface area contributed by atoms with Crippen LogP contribution in [0, 0.1) is 0 Å². The van der Waals surface area contributed by atoms with Gasteiger partial charge in [-0.15, -0.1) is 0 Å². The van der Waals surface area contributed by atoms with E-state index in [0.29, 0.717) is 17.7 Å². The van der Waals surface area contributed by atoms with Crippen LogP contribution in [0.5, 0.6) is 5.75 Å². The van der Waals surface area contributed by atoms with E-state index in [0.717, 1.165) is 0 Å². The van der Waals surface area contributed by atoms with Gasteiger partial charge >= 0.3 is 0 Å². The van der Waals surface area contributed by atoms with Gasteiger partial charge in [0, 0.05) is 23.7 Å². The van der Waals surface area contributed by atoms with Crippen molar-refractivity contribution in [1.29, 1.82) is 0 Å². The van der Waals surface area contributed by atoms with Crippen LogP contribution in [0.2, 0.25) is 0 Å². The van der Waals surface area contributed by atoms with Gasteiger partial charge in [0.15, 0.2) is 5.78 Å². The molecule has 0 aliphatic rings. The molecule has 5 nitrogen and oxygen atoms in total. The molecule has 0 bridgehead atoms. The van der Waals surface area contributed by atoms with E-state index in [9.17, 15) is 14.7 Å².